The second-order valence-corrected chi connectivity index (χ2v) is 5.70. The molecular weight excluding hydrogens is 308 g/mol. The van der Waals surface area contributed by atoms with E-state index in [-0.39, 0.29) is 17.4 Å². The van der Waals surface area contributed by atoms with E-state index in [2.05, 4.69) is 31.1 Å². The number of imidazole rings is 1. The Hall–Kier alpha value is -3.23. The third-order valence-electron chi connectivity index (χ3n) is 3.95. The summed E-state index contributed by atoms with van der Waals surface area (Å²) in [5.74, 6) is 0.676. The summed E-state index contributed by atoms with van der Waals surface area (Å²) in [6, 6.07) is 1.76. The summed E-state index contributed by atoms with van der Waals surface area (Å²) in [4.78, 5) is 28.1. The highest BCUT2D eigenvalue weighted by Crippen LogP contribution is 2.18. The number of dihydropyridines is 1. The van der Waals surface area contributed by atoms with Crippen LogP contribution in [0.2, 0.25) is 0 Å². The average Bonchev–Trinajstić information content (AvgIpc) is 3.19. The van der Waals surface area contributed by atoms with Crippen molar-refractivity contribution in [1.29, 1.82) is 0 Å². The fourth-order valence-electron chi connectivity index (χ4n) is 2.70. The van der Waals surface area contributed by atoms with Crippen molar-refractivity contribution < 1.29 is 0 Å². The number of hydrogen-bond donors (Lipinski definition) is 2. The molecule has 0 aromatic carbocycles. The van der Waals surface area contributed by atoms with Gasteiger partial charge in [0.2, 0.25) is 0 Å². The molecule has 1 unspecified atom stereocenters. The van der Waals surface area contributed by atoms with Gasteiger partial charge in [-0.05, 0) is 19.1 Å². The van der Waals surface area contributed by atoms with E-state index in [1.807, 2.05) is 13.0 Å². The number of hydrogen-bond acceptors (Lipinski definition) is 6. The highest BCUT2D eigenvalue weighted by atomic mass is 16.1. The largest absolute Gasteiger partial charge is 0.382 e. The fraction of sp³-hybridized carbons (Fsp3) is 0.267. The molecule has 1 aliphatic rings. The van der Waals surface area contributed by atoms with E-state index >= 15 is 0 Å². The zero-order valence-corrected chi connectivity index (χ0v) is 13.0. The molecule has 0 spiro atoms. The van der Waals surface area contributed by atoms with Crippen molar-refractivity contribution >= 4 is 22.7 Å². The SMILES string of the molecule is CC1=NCC(Cn2c(=O)[nH]c3c(N)nc(-n4cccn4)nc32)C=C1. The van der Waals surface area contributed by atoms with Crippen LogP contribution in [0.25, 0.3) is 17.1 Å². The van der Waals surface area contributed by atoms with Crippen molar-refractivity contribution in [3.63, 3.8) is 0 Å². The van der Waals surface area contributed by atoms with Crippen LogP contribution in [0.3, 0.4) is 0 Å². The number of nitrogens with one attached hydrogen (secondary N) is 1. The van der Waals surface area contributed by atoms with Crippen LogP contribution in [0, 0.1) is 5.92 Å². The number of H-pyrrole nitrogens is 1. The highest BCUT2D eigenvalue weighted by Gasteiger charge is 2.18. The summed E-state index contributed by atoms with van der Waals surface area (Å²) < 4.78 is 3.08. The second-order valence-electron chi connectivity index (χ2n) is 5.70. The van der Waals surface area contributed by atoms with Crippen LogP contribution in [-0.2, 0) is 6.54 Å². The van der Waals surface area contributed by atoms with E-state index in [9.17, 15) is 4.79 Å². The zero-order valence-electron chi connectivity index (χ0n) is 13.0. The Kier molecular flexibility index (Phi) is 3.26. The van der Waals surface area contributed by atoms with Gasteiger partial charge in [-0.25, -0.2) is 9.48 Å². The Labute approximate surface area is 136 Å². The summed E-state index contributed by atoms with van der Waals surface area (Å²) in [7, 11) is 0. The number of fused-ring (bicyclic) bond motifs is 1. The van der Waals surface area contributed by atoms with Crippen LogP contribution in [0.1, 0.15) is 6.92 Å². The number of anilines is 1. The highest BCUT2D eigenvalue weighted by molar-refractivity contribution is 5.93. The molecule has 0 bridgehead atoms. The first-order chi connectivity index (χ1) is 11.6. The maximum Gasteiger partial charge on any atom is 0.327 e. The zero-order chi connectivity index (χ0) is 16.7. The lowest BCUT2D eigenvalue weighted by Gasteiger charge is -2.14. The van der Waals surface area contributed by atoms with Crippen molar-refractivity contribution in [2.45, 2.75) is 13.5 Å². The van der Waals surface area contributed by atoms with Crippen LogP contribution < -0.4 is 11.4 Å². The van der Waals surface area contributed by atoms with Gasteiger partial charge in [0.1, 0.15) is 5.52 Å². The van der Waals surface area contributed by atoms with Gasteiger partial charge in [-0.3, -0.25) is 9.56 Å². The average molecular weight is 324 g/mol. The van der Waals surface area contributed by atoms with Crippen molar-refractivity contribution in [2.24, 2.45) is 10.9 Å². The first kappa shape index (κ1) is 14.4. The van der Waals surface area contributed by atoms with Crippen LogP contribution in [0.4, 0.5) is 5.82 Å². The lowest BCUT2D eigenvalue weighted by molar-refractivity contribution is 0.532. The molecule has 0 radical (unpaired) electrons. The lowest BCUT2D eigenvalue weighted by atomic mass is 10.1. The Morgan fingerprint density at radius 1 is 1.42 bits per heavy atom. The van der Waals surface area contributed by atoms with Crippen LogP contribution in [-0.4, -0.2) is 41.6 Å². The van der Waals surface area contributed by atoms with Gasteiger partial charge in [0, 0.05) is 37.1 Å². The predicted molar refractivity (Wildman–Crippen MR) is 90.3 cm³/mol. The molecular formula is C15H16N8O. The van der Waals surface area contributed by atoms with Crippen LogP contribution >= 0.6 is 0 Å². The third-order valence-corrected chi connectivity index (χ3v) is 3.95. The topological polar surface area (TPSA) is 120 Å². The molecule has 122 valence electrons. The minimum Gasteiger partial charge on any atom is -0.382 e. The van der Waals surface area contributed by atoms with Crippen molar-refractivity contribution in [2.75, 3.05) is 12.3 Å². The summed E-state index contributed by atoms with van der Waals surface area (Å²) in [6.07, 6.45) is 7.37. The number of aliphatic imine (C=N–C) groups is 1. The van der Waals surface area contributed by atoms with Gasteiger partial charge < -0.3 is 10.7 Å². The molecule has 0 saturated heterocycles. The Morgan fingerprint density at radius 3 is 3.00 bits per heavy atom. The predicted octanol–water partition coefficient (Wildman–Crippen LogP) is 0.534. The van der Waals surface area contributed by atoms with E-state index in [1.165, 1.54) is 4.68 Å². The van der Waals surface area contributed by atoms with E-state index in [0.29, 0.717) is 30.2 Å². The van der Waals surface area contributed by atoms with E-state index < -0.39 is 0 Å². The van der Waals surface area contributed by atoms with Crippen molar-refractivity contribution in [1.82, 2.24) is 29.3 Å². The Bertz CT molecular complexity index is 1010. The molecule has 1 aliphatic heterocycles. The lowest BCUT2D eigenvalue weighted by Crippen LogP contribution is -2.24. The quantitative estimate of drug-likeness (QED) is 0.728. The molecule has 24 heavy (non-hydrogen) atoms. The van der Waals surface area contributed by atoms with E-state index in [4.69, 9.17) is 5.73 Å². The Morgan fingerprint density at radius 2 is 2.29 bits per heavy atom. The first-order valence-electron chi connectivity index (χ1n) is 7.57. The number of nitrogen functional groups attached to an aromatic ring is 1. The molecule has 3 aromatic rings. The third kappa shape index (κ3) is 2.39. The van der Waals surface area contributed by atoms with Gasteiger partial charge in [-0.15, -0.1) is 0 Å². The fourth-order valence-corrected chi connectivity index (χ4v) is 2.70. The van der Waals surface area contributed by atoms with Gasteiger partial charge >= 0.3 is 5.69 Å². The van der Waals surface area contributed by atoms with Crippen LogP contribution in [0.15, 0.2) is 40.4 Å². The number of aromatic nitrogens is 6. The van der Waals surface area contributed by atoms with Gasteiger partial charge in [0.25, 0.3) is 5.95 Å². The maximum atomic E-state index is 12.3. The standard InChI is InChI=1S/C15H16N8O/c1-9-3-4-10(7-17-9)8-22-13-11(19-15(22)24)12(16)20-14(21-13)23-6-2-5-18-23/h2-6,10H,7-8H2,1H3,(H,19,24)(H2,16,20,21). The van der Waals surface area contributed by atoms with Gasteiger partial charge in [-0.2, -0.15) is 15.1 Å². The number of allylic oxidation sites excluding steroid dienone is 1. The molecule has 3 N–H and O–H groups in total. The molecule has 1 atom stereocenters. The second kappa shape index (κ2) is 5.44. The molecule has 3 aromatic heterocycles. The summed E-state index contributed by atoms with van der Waals surface area (Å²) in [6.45, 7) is 3.07. The number of aromatic amines is 1. The smallest absolute Gasteiger partial charge is 0.327 e. The molecule has 9 heteroatoms. The number of rotatable bonds is 3. The van der Waals surface area contributed by atoms with Crippen molar-refractivity contribution in [3.05, 3.63) is 41.1 Å². The van der Waals surface area contributed by atoms with E-state index in [0.717, 1.165) is 5.71 Å². The van der Waals surface area contributed by atoms with Crippen LogP contribution in [0.5, 0.6) is 0 Å². The minimum atomic E-state index is -0.261. The molecule has 9 nitrogen and oxygen atoms in total. The molecule has 0 aliphatic carbocycles. The first-order valence-corrected chi connectivity index (χ1v) is 7.57. The van der Waals surface area contributed by atoms with E-state index in [1.54, 1.807) is 23.0 Å². The minimum absolute atomic E-state index is 0.134. The number of nitrogens with two attached hydrogens (primary N) is 1. The normalized spacial score (nSPS) is 17.4. The summed E-state index contributed by atoms with van der Waals surface area (Å²) in [5, 5.41) is 4.10. The molecule has 0 amide bonds. The van der Waals surface area contributed by atoms with Gasteiger partial charge in [0.05, 0.1) is 0 Å². The monoisotopic (exact) mass is 324 g/mol. The summed E-state index contributed by atoms with van der Waals surface area (Å²) in [5.41, 5.74) is 7.63. The molecule has 0 saturated carbocycles. The summed E-state index contributed by atoms with van der Waals surface area (Å²) >= 11 is 0. The van der Waals surface area contributed by atoms with Gasteiger partial charge in [0.15, 0.2) is 11.5 Å². The molecule has 0 fully saturated rings. The molecule has 4 rings (SSSR count). The maximum absolute atomic E-state index is 12.3. The van der Waals surface area contributed by atoms with Crippen molar-refractivity contribution in [3.8, 4) is 5.95 Å². The van der Waals surface area contributed by atoms with Gasteiger partial charge in [-0.1, -0.05) is 6.08 Å². The molecule has 4 heterocycles. The Balaban J connectivity index is 1.79. The number of nitrogens with zero attached hydrogens (tertiary/aromatic N) is 6.